The number of nitro groups is 1. The minimum Gasteiger partial charge on any atom is -0.494 e. The molecule has 0 atom stereocenters. The molecule has 0 saturated heterocycles. The van der Waals surface area contributed by atoms with Gasteiger partial charge in [-0.05, 0) is 17.5 Å². The minimum atomic E-state index is -0.990. The van der Waals surface area contributed by atoms with E-state index < -0.39 is 16.4 Å². The molecule has 28 heavy (non-hydrogen) atoms. The number of fused-ring (bicyclic) bond motifs is 1. The van der Waals surface area contributed by atoms with E-state index in [9.17, 15) is 14.5 Å². The van der Waals surface area contributed by atoms with Crippen molar-refractivity contribution in [2.45, 2.75) is 0 Å². The number of nitro benzene ring substituents is 1. The van der Waals surface area contributed by atoms with E-state index in [1.165, 1.54) is 7.11 Å². The lowest BCUT2D eigenvalue weighted by atomic mass is 10.2. The molecule has 3 aromatic heterocycles. The summed E-state index contributed by atoms with van der Waals surface area (Å²) in [7, 11) is 3.19. The molecule has 4 rings (SSSR count). The van der Waals surface area contributed by atoms with Crippen LogP contribution in [-0.2, 0) is 7.05 Å². The van der Waals surface area contributed by atoms with Gasteiger partial charge in [0.1, 0.15) is 11.4 Å². The Labute approximate surface area is 161 Å². The third-order valence-electron chi connectivity index (χ3n) is 4.07. The molecule has 9 nitrogen and oxygen atoms in total. The Morgan fingerprint density at radius 2 is 2.18 bits per heavy atom. The molecule has 0 bridgehead atoms. The number of hydrogen-bond acceptors (Lipinski definition) is 8. The fourth-order valence-electron chi connectivity index (χ4n) is 2.77. The fraction of sp³-hybridized carbons (Fsp3) is 0.118. The molecular weight excluding hydrogens is 387 g/mol. The van der Waals surface area contributed by atoms with E-state index in [4.69, 9.17) is 4.74 Å². The van der Waals surface area contributed by atoms with E-state index in [0.29, 0.717) is 11.4 Å². The van der Waals surface area contributed by atoms with Crippen LogP contribution in [0.25, 0.3) is 21.6 Å². The summed E-state index contributed by atoms with van der Waals surface area (Å²) >= 11 is 1.55. The number of thiophene rings is 1. The van der Waals surface area contributed by atoms with Crippen molar-refractivity contribution in [3.63, 3.8) is 0 Å². The van der Waals surface area contributed by atoms with E-state index in [1.807, 2.05) is 18.5 Å². The molecule has 0 spiro atoms. The number of benzene rings is 1. The first-order valence-electron chi connectivity index (χ1n) is 8.00. The molecule has 0 saturated carbocycles. The van der Waals surface area contributed by atoms with Crippen LogP contribution in [0.4, 0.5) is 21.7 Å². The molecule has 4 aromatic rings. The zero-order valence-corrected chi connectivity index (χ0v) is 15.5. The second-order valence-electron chi connectivity index (χ2n) is 5.76. The van der Waals surface area contributed by atoms with Gasteiger partial charge in [0.25, 0.3) is 0 Å². The van der Waals surface area contributed by atoms with Crippen LogP contribution in [0.5, 0.6) is 5.75 Å². The van der Waals surface area contributed by atoms with Gasteiger partial charge in [0, 0.05) is 25.4 Å². The summed E-state index contributed by atoms with van der Waals surface area (Å²) in [4.78, 5) is 18.8. The van der Waals surface area contributed by atoms with Gasteiger partial charge in [-0.1, -0.05) is 0 Å². The number of nitrogens with one attached hydrogen (secondary N) is 1. The van der Waals surface area contributed by atoms with Gasteiger partial charge in [0.2, 0.25) is 11.8 Å². The summed E-state index contributed by atoms with van der Waals surface area (Å²) in [6.07, 6.45) is 1.54. The lowest BCUT2D eigenvalue weighted by Gasteiger charge is -2.10. The van der Waals surface area contributed by atoms with Gasteiger partial charge in [0.15, 0.2) is 0 Å². The number of ether oxygens (including phenoxy) is 1. The highest BCUT2D eigenvalue weighted by Gasteiger charge is 2.20. The van der Waals surface area contributed by atoms with Gasteiger partial charge in [-0.25, -0.2) is 9.97 Å². The molecule has 0 radical (unpaired) electrons. The average Bonchev–Trinajstić information content (AvgIpc) is 3.27. The van der Waals surface area contributed by atoms with Gasteiger partial charge in [0.05, 0.1) is 33.6 Å². The number of nitrogens with zero attached hydrogens (tertiary/aromatic N) is 5. The van der Waals surface area contributed by atoms with Crippen molar-refractivity contribution in [2.75, 3.05) is 12.4 Å². The molecule has 142 valence electrons. The van der Waals surface area contributed by atoms with Crippen LogP contribution in [0.1, 0.15) is 0 Å². The topological polar surface area (TPSA) is 108 Å². The Morgan fingerprint density at radius 1 is 1.36 bits per heavy atom. The van der Waals surface area contributed by atoms with Crippen molar-refractivity contribution >= 4 is 38.9 Å². The summed E-state index contributed by atoms with van der Waals surface area (Å²) in [5, 5.41) is 20.3. The molecule has 1 N–H and O–H groups in total. The quantitative estimate of drug-likeness (QED) is 0.400. The second-order valence-corrected chi connectivity index (χ2v) is 6.67. The van der Waals surface area contributed by atoms with E-state index in [2.05, 4.69) is 20.4 Å². The SMILES string of the molecule is COc1cc(F)c([N+](=O)[O-])cc1Nc1nccc(-c2nn(C)c3ccsc23)n1. The standard InChI is InChI=1S/C17H13FN6O3S/c1-23-12-4-6-28-16(12)15(22-23)10-3-5-19-17(20-10)21-11-8-13(24(25)26)9(18)7-14(11)27-2/h3-8H,1-2H3,(H,19,20,21). The summed E-state index contributed by atoms with van der Waals surface area (Å²) in [5.41, 5.74) is 1.78. The number of aromatic nitrogens is 4. The van der Waals surface area contributed by atoms with Crippen LogP contribution in [0.15, 0.2) is 35.8 Å². The summed E-state index contributed by atoms with van der Waals surface area (Å²) < 4.78 is 21.7. The van der Waals surface area contributed by atoms with E-state index in [0.717, 1.165) is 22.3 Å². The molecular formula is C17H13FN6O3S. The molecule has 0 aliphatic rings. The Bertz CT molecular complexity index is 1210. The third-order valence-corrected chi connectivity index (χ3v) is 4.98. The van der Waals surface area contributed by atoms with Gasteiger partial charge in [-0.15, -0.1) is 11.3 Å². The van der Waals surface area contributed by atoms with Crippen LogP contribution < -0.4 is 10.1 Å². The summed E-state index contributed by atoms with van der Waals surface area (Å²) in [6.45, 7) is 0. The average molecular weight is 400 g/mol. The van der Waals surface area contributed by atoms with Crippen molar-refractivity contribution in [1.82, 2.24) is 19.7 Å². The largest absolute Gasteiger partial charge is 0.494 e. The highest BCUT2D eigenvalue weighted by Crippen LogP contribution is 2.34. The minimum absolute atomic E-state index is 0.0931. The molecule has 0 unspecified atom stereocenters. The van der Waals surface area contributed by atoms with E-state index in [1.54, 1.807) is 28.3 Å². The van der Waals surface area contributed by atoms with E-state index >= 15 is 0 Å². The lowest BCUT2D eigenvalue weighted by Crippen LogP contribution is -2.02. The first-order chi connectivity index (χ1) is 13.5. The Kier molecular flexibility index (Phi) is 4.35. The zero-order chi connectivity index (χ0) is 19.8. The number of anilines is 2. The number of aryl methyl sites for hydroxylation is 1. The van der Waals surface area contributed by atoms with Crippen molar-refractivity contribution in [1.29, 1.82) is 0 Å². The molecule has 0 fully saturated rings. The monoisotopic (exact) mass is 400 g/mol. The highest BCUT2D eigenvalue weighted by molar-refractivity contribution is 7.17. The van der Waals surface area contributed by atoms with Crippen molar-refractivity contribution in [2.24, 2.45) is 7.05 Å². The van der Waals surface area contributed by atoms with Crippen LogP contribution >= 0.6 is 11.3 Å². The van der Waals surface area contributed by atoms with Crippen LogP contribution in [0.2, 0.25) is 0 Å². The Balaban J connectivity index is 1.74. The molecule has 0 aliphatic carbocycles. The Hall–Kier alpha value is -3.60. The molecule has 0 amide bonds. The van der Waals surface area contributed by atoms with Crippen LogP contribution in [0, 0.1) is 15.9 Å². The van der Waals surface area contributed by atoms with Gasteiger partial charge in [-0.3, -0.25) is 14.8 Å². The molecule has 11 heteroatoms. The number of rotatable bonds is 5. The molecule has 1 aromatic carbocycles. The molecule has 3 heterocycles. The lowest BCUT2D eigenvalue weighted by molar-refractivity contribution is -0.387. The zero-order valence-electron chi connectivity index (χ0n) is 14.7. The predicted molar refractivity (Wildman–Crippen MR) is 103 cm³/mol. The first-order valence-corrected chi connectivity index (χ1v) is 8.88. The first kappa shape index (κ1) is 17.8. The maximum atomic E-state index is 13.8. The number of hydrogen-bond donors (Lipinski definition) is 1. The van der Waals surface area contributed by atoms with Gasteiger partial charge >= 0.3 is 5.69 Å². The second kappa shape index (κ2) is 6.85. The van der Waals surface area contributed by atoms with Crippen molar-refractivity contribution in [3.05, 3.63) is 51.8 Å². The highest BCUT2D eigenvalue weighted by atomic mass is 32.1. The van der Waals surface area contributed by atoms with Crippen LogP contribution in [0.3, 0.4) is 0 Å². The van der Waals surface area contributed by atoms with Gasteiger partial charge < -0.3 is 10.1 Å². The number of halogens is 1. The smallest absolute Gasteiger partial charge is 0.307 e. The van der Waals surface area contributed by atoms with Crippen molar-refractivity contribution in [3.8, 4) is 17.1 Å². The molecule has 0 aliphatic heterocycles. The Morgan fingerprint density at radius 3 is 2.93 bits per heavy atom. The predicted octanol–water partition coefficient (Wildman–Crippen LogP) is 3.89. The fourth-order valence-corrected chi connectivity index (χ4v) is 3.68. The summed E-state index contributed by atoms with van der Waals surface area (Å²) in [6, 6.07) is 5.68. The van der Waals surface area contributed by atoms with E-state index in [-0.39, 0.29) is 17.4 Å². The van der Waals surface area contributed by atoms with Crippen LogP contribution in [-0.4, -0.2) is 31.8 Å². The maximum Gasteiger partial charge on any atom is 0.307 e. The maximum absolute atomic E-state index is 13.8. The normalized spacial score (nSPS) is 11.0. The summed E-state index contributed by atoms with van der Waals surface area (Å²) in [5.74, 6) is -0.724. The van der Waals surface area contributed by atoms with Gasteiger partial charge in [-0.2, -0.15) is 9.49 Å². The third kappa shape index (κ3) is 3.01. The van der Waals surface area contributed by atoms with Crippen molar-refractivity contribution < 1.29 is 14.1 Å². The number of methoxy groups -OCH3 is 1.